The summed E-state index contributed by atoms with van der Waals surface area (Å²) in [7, 11) is 1.38. The van der Waals surface area contributed by atoms with Crippen molar-refractivity contribution in [3.63, 3.8) is 0 Å². The monoisotopic (exact) mass is 481 g/mol. The van der Waals surface area contributed by atoms with Crippen molar-refractivity contribution in [2.24, 2.45) is 0 Å². The molecule has 0 saturated carbocycles. The summed E-state index contributed by atoms with van der Waals surface area (Å²) in [5.41, 5.74) is -0.428. The number of aliphatic carboxylic acids is 1. The molecule has 0 unspecified atom stereocenters. The number of carboxylic acid groups (broad SMARTS) is 1. The van der Waals surface area contributed by atoms with Gasteiger partial charge in [0.1, 0.15) is 29.7 Å². The van der Waals surface area contributed by atoms with Crippen molar-refractivity contribution in [1.82, 2.24) is 5.32 Å². The molecule has 0 radical (unpaired) electrons. The van der Waals surface area contributed by atoms with E-state index in [0.717, 1.165) is 17.8 Å². The number of fused-ring (bicyclic) bond motifs is 1. The molecule has 0 saturated heterocycles. The minimum Gasteiger partial charge on any atom is -0.507 e. The Morgan fingerprint density at radius 2 is 1.97 bits per heavy atom. The lowest BCUT2D eigenvalue weighted by Gasteiger charge is -2.21. The number of phenolic OH excluding ortho intramolecular Hbond substituents is 1. The molecule has 1 aromatic rings. The highest BCUT2D eigenvalue weighted by Gasteiger charge is 2.28. The maximum Gasteiger partial charge on any atom is 0.339 e. The Kier molecular flexibility index (Phi) is 8.37. The van der Waals surface area contributed by atoms with Crippen LogP contribution in [0.3, 0.4) is 0 Å². The first kappa shape index (κ1) is 26.0. The highest BCUT2D eigenvalue weighted by atomic mass is 32.2. The Hall–Kier alpha value is -3.21. The van der Waals surface area contributed by atoms with Crippen molar-refractivity contribution in [1.29, 1.82) is 0 Å². The van der Waals surface area contributed by atoms with Crippen LogP contribution in [0.4, 0.5) is 0 Å². The fourth-order valence-corrected chi connectivity index (χ4v) is 4.07. The third kappa shape index (κ3) is 6.88. The summed E-state index contributed by atoms with van der Waals surface area (Å²) in [5, 5.41) is 22.3. The molecule has 10 nitrogen and oxygen atoms in total. The van der Waals surface area contributed by atoms with Crippen molar-refractivity contribution in [2.45, 2.75) is 45.1 Å². The molecule has 0 bridgehead atoms. The van der Waals surface area contributed by atoms with Gasteiger partial charge < -0.3 is 29.7 Å². The first-order chi connectivity index (χ1) is 15.3. The number of carbonyl (C=O) groups excluding carboxylic acids is 3. The van der Waals surface area contributed by atoms with E-state index < -0.39 is 42.1 Å². The van der Waals surface area contributed by atoms with Crippen LogP contribution in [0.15, 0.2) is 17.7 Å². The molecule has 33 heavy (non-hydrogen) atoms. The molecule has 0 fully saturated rings. The number of carbonyl (C=O) groups is 4. The molecular weight excluding hydrogens is 454 g/mol. The van der Waals surface area contributed by atoms with E-state index in [4.69, 9.17) is 14.2 Å². The van der Waals surface area contributed by atoms with Crippen LogP contribution >= 0.6 is 11.8 Å². The lowest BCUT2D eigenvalue weighted by molar-refractivity contribution is -0.148. The van der Waals surface area contributed by atoms with E-state index in [2.05, 4.69) is 5.32 Å². The van der Waals surface area contributed by atoms with Gasteiger partial charge in [-0.1, -0.05) is 0 Å². The van der Waals surface area contributed by atoms with Gasteiger partial charge in [-0.05, 0) is 27.7 Å². The Bertz CT molecular complexity index is 995. The van der Waals surface area contributed by atoms with E-state index >= 15 is 0 Å². The van der Waals surface area contributed by atoms with E-state index in [-0.39, 0.29) is 39.7 Å². The smallest absolute Gasteiger partial charge is 0.339 e. The number of aromatic hydroxyl groups is 1. The van der Waals surface area contributed by atoms with Gasteiger partial charge in [-0.2, -0.15) is 11.8 Å². The first-order valence-electron chi connectivity index (χ1n) is 9.95. The predicted molar refractivity (Wildman–Crippen MR) is 119 cm³/mol. The van der Waals surface area contributed by atoms with E-state index in [1.54, 1.807) is 27.7 Å². The lowest BCUT2D eigenvalue weighted by Crippen LogP contribution is -2.44. The van der Waals surface area contributed by atoms with Crippen LogP contribution < -0.4 is 10.1 Å². The van der Waals surface area contributed by atoms with Gasteiger partial charge in [0, 0.05) is 34.8 Å². The number of nitrogens with one attached hydrogen (secondary N) is 1. The third-order valence-electron chi connectivity index (χ3n) is 4.53. The van der Waals surface area contributed by atoms with E-state index in [0.29, 0.717) is 5.56 Å². The quantitative estimate of drug-likeness (QED) is 0.432. The van der Waals surface area contributed by atoms with Gasteiger partial charge in [-0.15, -0.1) is 0 Å². The summed E-state index contributed by atoms with van der Waals surface area (Å²) in [4.78, 5) is 49.5. The van der Waals surface area contributed by atoms with Gasteiger partial charge in [-0.3, -0.25) is 4.79 Å². The fourth-order valence-electron chi connectivity index (χ4n) is 3.00. The maximum atomic E-state index is 12.9. The number of hydrogen-bond acceptors (Lipinski definition) is 9. The van der Waals surface area contributed by atoms with Crippen molar-refractivity contribution in [3.05, 3.63) is 34.4 Å². The average molecular weight is 482 g/mol. The molecular formula is C22H27NO9S. The Morgan fingerprint density at radius 1 is 1.30 bits per heavy atom. The van der Waals surface area contributed by atoms with Crippen LogP contribution in [-0.2, 0) is 29.6 Å². The van der Waals surface area contributed by atoms with E-state index in [1.807, 2.05) is 0 Å². The predicted octanol–water partition coefficient (Wildman–Crippen LogP) is 1.95. The zero-order chi connectivity index (χ0) is 24.9. The number of methoxy groups -OCH3 is 1. The van der Waals surface area contributed by atoms with Crippen molar-refractivity contribution >= 4 is 35.6 Å². The summed E-state index contributed by atoms with van der Waals surface area (Å²) in [6.45, 7) is 5.91. The lowest BCUT2D eigenvalue weighted by atomic mass is 10.0. The zero-order valence-electron chi connectivity index (χ0n) is 19.0. The second-order valence-electron chi connectivity index (χ2n) is 8.24. The molecule has 180 valence electrons. The summed E-state index contributed by atoms with van der Waals surface area (Å²) >= 11 is 1.10. The summed E-state index contributed by atoms with van der Waals surface area (Å²) in [5.74, 6) is -3.78. The van der Waals surface area contributed by atoms with Crippen LogP contribution in [-0.4, -0.2) is 65.1 Å². The highest BCUT2D eigenvalue weighted by molar-refractivity contribution is 7.98. The molecule has 11 heteroatoms. The number of carboxylic acids is 1. The minimum atomic E-state index is -1.29. The van der Waals surface area contributed by atoms with Crippen LogP contribution in [0.5, 0.6) is 11.5 Å². The molecule has 1 heterocycles. The van der Waals surface area contributed by atoms with Crippen LogP contribution in [0.2, 0.25) is 0 Å². The van der Waals surface area contributed by atoms with E-state index in [1.165, 1.54) is 13.2 Å². The Labute approximate surface area is 195 Å². The second kappa shape index (κ2) is 10.6. The molecule has 1 aliphatic heterocycles. The SMILES string of the molecule is COc1cc(O)c2c(c1C)C(=O)OCC(=CC(=O)OC(C)(C)C)C(=O)N[C@H](C(=O)O)CSC2. The molecule has 3 N–H and O–H groups in total. The van der Waals surface area contributed by atoms with Gasteiger partial charge in [0.15, 0.2) is 0 Å². The Morgan fingerprint density at radius 3 is 2.55 bits per heavy atom. The average Bonchev–Trinajstić information content (AvgIpc) is 2.69. The van der Waals surface area contributed by atoms with Crippen LogP contribution in [0.25, 0.3) is 0 Å². The van der Waals surface area contributed by atoms with Gasteiger partial charge in [0.2, 0.25) is 0 Å². The maximum absolute atomic E-state index is 12.9. The second-order valence-corrected chi connectivity index (χ2v) is 9.27. The molecule has 1 atom stereocenters. The molecule has 1 aliphatic rings. The van der Waals surface area contributed by atoms with Gasteiger partial charge in [-0.25, -0.2) is 14.4 Å². The number of phenols is 1. The normalized spacial score (nSPS) is 18.8. The molecule has 0 aliphatic carbocycles. The molecule has 2 rings (SSSR count). The number of cyclic esters (lactones) is 1. The number of ether oxygens (including phenoxy) is 3. The first-order valence-corrected chi connectivity index (χ1v) is 11.1. The minimum absolute atomic E-state index is 0.0452. The largest absolute Gasteiger partial charge is 0.507 e. The van der Waals surface area contributed by atoms with Crippen LogP contribution in [0.1, 0.15) is 42.3 Å². The van der Waals surface area contributed by atoms with Crippen molar-refractivity contribution < 1.29 is 43.6 Å². The summed E-state index contributed by atoms with van der Waals surface area (Å²) < 4.78 is 15.7. The number of rotatable bonds is 3. The topological polar surface area (TPSA) is 148 Å². The number of thioether (sulfide) groups is 1. The van der Waals surface area contributed by atoms with Gasteiger partial charge >= 0.3 is 17.9 Å². The molecule has 0 spiro atoms. The van der Waals surface area contributed by atoms with Gasteiger partial charge in [0.25, 0.3) is 5.91 Å². The third-order valence-corrected chi connectivity index (χ3v) is 5.59. The Balaban J connectivity index is 2.52. The standard InChI is InChI=1S/C22H27NO9S/c1-11-16(30-5)7-15(24)13-9-33-10-14(20(27)28)23-19(26)12(8-31-21(29)18(11)13)6-17(25)32-22(2,3)4/h6-7,14,24H,8-10H2,1-5H3,(H,23,26)(H,27,28)/t14-/m0/s1. The zero-order valence-corrected chi connectivity index (χ0v) is 19.8. The summed E-state index contributed by atoms with van der Waals surface area (Å²) in [6.07, 6.45) is 0.864. The molecule has 1 aromatic carbocycles. The number of benzene rings is 1. The number of amides is 1. The van der Waals surface area contributed by atoms with Gasteiger partial charge in [0.05, 0.1) is 18.2 Å². The van der Waals surface area contributed by atoms with Crippen molar-refractivity contribution in [2.75, 3.05) is 19.5 Å². The fraction of sp³-hybridized carbons (Fsp3) is 0.455. The number of hydrogen-bond donors (Lipinski definition) is 3. The van der Waals surface area contributed by atoms with E-state index in [9.17, 15) is 29.4 Å². The molecule has 0 aromatic heterocycles. The van der Waals surface area contributed by atoms with Crippen molar-refractivity contribution in [3.8, 4) is 11.5 Å². The number of esters is 2. The highest BCUT2D eigenvalue weighted by Crippen LogP contribution is 2.35. The van der Waals surface area contributed by atoms with Crippen LogP contribution in [0, 0.1) is 6.92 Å². The summed E-state index contributed by atoms with van der Waals surface area (Å²) in [6, 6.07) is 0.0719. The molecule has 1 amide bonds.